The number of Topliss-reactive ketones (excluding diaryl/α,β-unsaturated/α-hetero) is 1. The number of phenolic OH excluding ortho intramolecular Hbond substituents is 1. The Hall–Kier alpha value is -1.14. The number of phenols is 1. The van der Waals surface area contributed by atoms with Crippen LogP contribution in [0.15, 0.2) is 12.1 Å². The van der Waals surface area contributed by atoms with Crippen LogP contribution >= 0.6 is 11.6 Å². The highest BCUT2D eigenvalue weighted by atomic mass is 35.5. The largest absolute Gasteiger partial charge is 0.507 e. The zero-order chi connectivity index (χ0) is 14.7. The first-order chi connectivity index (χ1) is 9.51. The van der Waals surface area contributed by atoms with Crippen molar-refractivity contribution in [1.29, 1.82) is 0 Å². The quantitative estimate of drug-likeness (QED) is 0.823. The number of carbonyl (C=O) groups excluding carboxylic acids is 1. The lowest BCUT2D eigenvalue weighted by molar-refractivity contribution is -0.0552. The molecule has 0 radical (unpaired) electrons. The minimum Gasteiger partial charge on any atom is -0.507 e. The van der Waals surface area contributed by atoms with Crippen molar-refractivity contribution in [3.05, 3.63) is 28.3 Å². The molecule has 0 aliphatic carbocycles. The number of ketones is 1. The number of aliphatic hydroxyl groups is 1. The summed E-state index contributed by atoms with van der Waals surface area (Å²) in [4.78, 5) is 13.5. The maximum atomic E-state index is 11.5. The highest BCUT2D eigenvalue weighted by molar-refractivity contribution is 6.31. The predicted molar refractivity (Wildman–Crippen MR) is 75.2 cm³/mol. The zero-order valence-corrected chi connectivity index (χ0v) is 12.1. The molecular formula is C14H18ClNO4. The SMILES string of the molecule is CC(=O)c1cc(Cl)cc(CN2CCOC(CO)C2)c1O. The van der Waals surface area contributed by atoms with E-state index in [-0.39, 0.29) is 29.8 Å². The summed E-state index contributed by atoms with van der Waals surface area (Å²) in [7, 11) is 0. The summed E-state index contributed by atoms with van der Waals surface area (Å²) in [6.07, 6.45) is -0.211. The molecule has 0 aromatic heterocycles. The molecule has 6 heteroatoms. The van der Waals surface area contributed by atoms with Gasteiger partial charge in [0, 0.05) is 30.2 Å². The highest BCUT2D eigenvalue weighted by Gasteiger charge is 2.22. The van der Waals surface area contributed by atoms with Crippen LogP contribution in [0.5, 0.6) is 5.75 Å². The lowest BCUT2D eigenvalue weighted by atomic mass is 10.0. The van der Waals surface area contributed by atoms with E-state index in [0.717, 1.165) is 0 Å². The number of halogens is 1. The highest BCUT2D eigenvalue weighted by Crippen LogP contribution is 2.29. The summed E-state index contributed by atoms with van der Waals surface area (Å²) >= 11 is 5.99. The van der Waals surface area contributed by atoms with Crippen molar-refractivity contribution in [2.75, 3.05) is 26.3 Å². The summed E-state index contributed by atoms with van der Waals surface area (Å²) in [5.74, 6) is -0.240. The van der Waals surface area contributed by atoms with Gasteiger partial charge in [-0.15, -0.1) is 0 Å². The number of rotatable bonds is 4. The number of hydrogen-bond donors (Lipinski definition) is 2. The van der Waals surface area contributed by atoms with E-state index in [4.69, 9.17) is 21.4 Å². The molecule has 0 spiro atoms. The smallest absolute Gasteiger partial charge is 0.163 e. The van der Waals surface area contributed by atoms with Crippen LogP contribution < -0.4 is 0 Å². The van der Waals surface area contributed by atoms with Crippen LogP contribution in [0.3, 0.4) is 0 Å². The fraction of sp³-hybridized carbons (Fsp3) is 0.500. The summed E-state index contributed by atoms with van der Waals surface area (Å²) < 4.78 is 5.38. The van der Waals surface area contributed by atoms with Gasteiger partial charge in [-0.1, -0.05) is 11.6 Å². The minimum absolute atomic E-state index is 0.0195. The Balaban J connectivity index is 2.18. The normalized spacial score (nSPS) is 20.1. The second-order valence-corrected chi connectivity index (χ2v) is 5.36. The van der Waals surface area contributed by atoms with E-state index in [2.05, 4.69) is 4.90 Å². The Morgan fingerprint density at radius 1 is 1.55 bits per heavy atom. The topological polar surface area (TPSA) is 70.0 Å². The van der Waals surface area contributed by atoms with E-state index >= 15 is 0 Å². The Kier molecular flexibility index (Phi) is 4.99. The predicted octanol–water partition coefficient (Wildman–Crippen LogP) is 1.44. The van der Waals surface area contributed by atoms with Crippen molar-refractivity contribution in [2.45, 2.75) is 19.6 Å². The molecule has 1 fully saturated rings. The third kappa shape index (κ3) is 3.49. The van der Waals surface area contributed by atoms with Crippen molar-refractivity contribution in [2.24, 2.45) is 0 Å². The van der Waals surface area contributed by atoms with Gasteiger partial charge in [0.1, 0.15) is 5.75 Å². The van der Waals surface area contributed by atoms with Gasteiger partial charge in [-0.2, -0.15) is 0 Å². The van der Waals surface area contributed by atoms with Gasteiger partial charge in [-0.3, -0.25) is 9.69 Å². The summed E-state index contributed by atoms with van der Waals surface area (Å²) in [5, 5.41) is 19.7. The maximum Gasteiger partial charge on any atom is 0.163 e. The molecule has 1 aliphatic rings. The van der Waals surface area contributed by atoms with Gasteiger partial charge in [0.2, 0.25) is 0 Å². The molecule has 0 amide bonds. The van der Waals surface area contributed by atoms with Gasteiger partial charge in [-0.25, -0.2) is 0 Å². The molecular weight excluding hydrogens is 282 g/mol. The Bertz CT molecular complexity index is 506. The first kappa shape index (κ1) is 15.3. The van der Waals surface area contributed by atoms with Gasteiger partial charge in [0.25, 0.3) is 0 Å². The van der Waals surface area contributed by atoms with Gasteiger partial charge >= 0.3 is 0 Å². The van der Waals surface area contributed by atoms with E-state index in [0.29, 0.717) is 36.8 Å². The van der Waals surface area contributed by atoms with Crippen molar-refractivity contribution in [3.63, 3.8) is 0 Å². The van der Waals surface area contributed by atoms with E-state index in [1.54, 1.807) is 6.07 Å². The summed E-state index contributed by atoms with van der Waals surface area (Å²) in [6, 6.07) is 3.13. The van der Waals surface area contributed by atoms with E-state index < -0.39 is 0 Å². The van der Waals surface area contributed by atoms with Gasteiger partial charge in [-0.05, 0) is 19.1 Å². The molecule has 0 saturated carbocycles. The third-order valence-electron chi connectivity index (χ3n) is 3.35. The number of carbonyl (C=O) groups is 1. The van der Waals surface area contributed by atoms with Crippen LogP contribution in [-0.4, -0.2) is 53.3 Å². The second-order valence-electron chi connectivity index (χ2n) is 4.93. The fourth-order valence-electron chi connectivity index (χ4n) is 2.32. The maximum absolute atomic E-state index is 11.5. The van der Waals surface area contributed by atoms with Gasteiger partial charge in [0.15, 0.2) is 5.78 Å². The Morgan fingerprint density at radius 2 is 2.30 bits per heavy atom. The van der Waals surface area contributed by atoms with Crippen LogP contribution in [-0.2, 0) is 11.3 Å². The lowest BCUT2D eigenvalue weighted by Gasteiger charge is -2.32. The summed E-state index contributed by atoms with van der Waals surface area (Å²) in [6.45, 7) is 3.65. The summed E-state index contributed by atoms with van der Waals surface area (Å²) in [5.41, 5.74) is 0.848. The molecule has 2 rings (SSSR count). The third-order valence-corrected chi connectivity index (χ3v) is 3.57. The molecule has 1 aromatic carbocycles. The van der Waals surface area contributed by atoms with Crippen LogP contribution in [0.4, 0.5) is 0 Å². The number of benzene rings is 1. The molecule has 2 N–H and O–H groups in total. The monoisotopic (exact) mass is 299 g/mol. The number of aliphatic hydroxyl groups excluding tert-OH is 1. The van der Waals surface area contributed by atoms with Crippen LogP contribution in [0, 0.1) is 0 Å². The van der Waals surface area contributed by atoms with Crippen molar-refractivity contribution >= 4 is 17.4 Å². The van der Waals surface area contributed by atoms with Gasteiger partial charge < -0.3 is 14.9 Å². The number of morpholine rings is 1. The van der Waals surface area contributed by atoms with Crippen LogP contribution in [0.25, 0.3) is 0 Å². The second kappa shape index (κ2) is 6.54. The molecule has 1 heterocycles. The molecule has 1 unspecified atom stereocenters. The van der Waals surface area contributed by atoms with E-state index in [1.807, 2.05) is 0 Å². The number of ether oxygens (including phenoxy) is 1. The lowest BCUT2D eigenvalue weighted by Crippen LogP contribution is -2.43. The van der Waals surface area contributed by atoms with E-state index in [1.165, 1.54) is 13.0 Å². The molecule has 1 aliphatic heterocycles. The van der Waals surface area contributed by atoms with Crippen molar-refractivity contribution in [1.82, 2.24) is 4.90 Å². The number of nitrogens with zero attached hydrogens (tertiary/aromatic N) is 1. The minimum atomic E-state index is -0.221. The first-order valence-electron chi connectivity index (χ1n) is 6.48. The standard InChI is InChI=1S/C14H18ClNO4/c1-9(18)13-5-11(15)4-10(14(13)19)6-16-2-3-20-12(7-16)8-17/h4-5,12,17,19H,2-3,6-8H2,1H3. The average molecular weight is 300 g/mol. The molecule has 110 valence electrons. The van der Waals surface area contributed by atoms with Crippen LogP contribution in [0.2, 0.25) is 5.02 Å². The van der Waals surface area contributed by atoms with E-state index in [9.17, 15) is 9.90 Å². The zero-order valence-electron chi connectivity index (χ0n) is 11.3. The number of hydrogen-bond acceptors (Lipinski definition) is 5. The first-order valence-corrected chi connectivity index (χ1v) is 6.86. The Morgan fingerprint density at radius 3 is 2.95 bits per heavy atom. The fourth-order valence-corrected chi connectivity index (χ4v) is 2.56. The molecule has 0 bridgehead atoms. The Labute approximate surface area is 122 Å². The van der Waals surface area contributed by atoms with Crippen molar-refractivity contribution in [3.8, 4) is 5.75 Å². The number of aromatic hydroxyl groups is 1. The van der Waals surface area contributed by atoms with Crippen molar-refractivity contribution < 1.29 is 19.7 Å². The average Bonchev–Trinajstić information content (AvgIpc) is 2.42. The molecule has 1 aromatic rings. The molecule has 1 atom stereocenters. The molecule has 1 saturated heterocycles. The molecule has 20 heavy (non-hydrogen) atoms. The van der Waals surface area contributed by atoms with Gasteiger partial charge in [0.05, 0.1) is 24.9 Å². The van der Waals surface area contributed by atoms with Crippen LogP contribution in [0.1, 0.15) is 22.8 Å². The molecule has 5 nitrogen and oxygen atoms in total.